The number of pyridine rings is 2. The van der Waals surface area contributed by atoms with E-state index in [0.717, 1.165) is 24.1 Å². The van der Waals surface area contributed by atoms with Gasteiger partial charge in [0.25, 0.3) is 5.91 Å². The van der Waals surface area contributed by atoms with Gasteiger partial charge in [0.15, 0.2) is 0 Å². The van der Waals surface area contributed by atoms with Crippen LogP contribution in [0.4, 0.5) is 0 Å². The normalized spacial score (nSPS) is 18.1. The lowest BCUT2D eigenvalue weighted by molar-refractivity contribution is 0.0936. The maximum Gasteiger partial charge on any atom is 0.253 e. The Kier molecular flexibility index (Phi) is 6.88. The zero-order valence-electron chi connectivity index (χ0n) is 19.8. The number of nitriles is 2. The third-order valence-electron chi connectivity index (χ3n) is 6.65. The lowest BCUT2D eigenvalue weighted by atomic mass is 9.97. The highest BCUT2D eigenvalue weighted by Gasteiger charge is 2.31. The number of amides is 1. The van der Waals surface area contributed by atoms with Gasteiger partial charge in [-0.2, -0.15) is 10.5 Å². The first-order valence-electron chi connectivity index (χ1n) is 12.1. The predicted molar refractivity (Wildman–Crippen MR) is 132 cm³/mol. The molecular formula is C28H26N6O2. The summed E-state index contributed by atoms with van der Waals surface area (Å²) in [4.78, 5) is 23.6. The van der Waals surface area contributed by atoms with E-state index >= 15 is 0 Å². The highest BCUT2D eigenvalue weighted by Crippen LogP contribution is 2.33. The van der Waals surface area contributed by atoms with Gasteiger partial charge in [-0.1, -0.05) is 18.2 Å². The lowest BCUT2D eigenvalue weighted by Gasteiger charge is -2.29. The van der Waals surface area contributed by atoms with Crippen LogP contribution >= 0.6 is 0 Å². The van der Waals surface area contributed by atoms with Crippen molar-refractivity contribution < 1.29 is 9.53 Å². The summed E-state index contributed by atoms with van der Waals surface area (Å²) in [5.41, 5.74) is 3.41. The average Bonchev–Trinajstić information content (AvgIpc) is 3.66. The molecule has 8 heteroatoms. The van der Waals surface area contributed by atoms with E-state index in [1.165, 1.54) is 19.0 Å². The van der Waals surface area contributed by atoms with Gasteiger partial charge in [-0.15, -0.1) is 0 Å². The predicted octanol–water partition coefficient (Wildman–Crippen LogP) is 3.60. The molecule has 1 saturated carbocycles. The van der Waals surface area contributed by atoms with Gasteiger partial charge in [0.05, 0.1) is 29.8 Å². The second kappa shape index (κ2) is 10.6. The van der Waals surface area contributed by atoms with Crippen LogP contribution in [0, 0.1) is 28.6 Å². The van der Waals surface area contributed by atoms with E-state index in [1.54, 1.807) is 12.1 Å². The summed E-state index contributed by atoms with van der Waals surface area (Å²) in [6.45, 7) is 2.18. The van der Waals surface area contributed by atoms with Crippen LogP contribution in [0.3, 0.4) is 0 Å². The van der Waals surface area contributed by atoms with Gasteiger partial charge in [0.1, 0.15) is 11.8 Å². The molecule has 2 aliphatic rings. The molecule has 3 heterocycles. The first-order valence-corrected chi connectivity index (χ1v) is 12.1. The minimum absolute atomic E-state index is 0.0249. The van der Waals surface area contributed by atoms with Crippen molar-refractivity contribution in [2.75, 3.05) is 19.7 Å². The van der Waals surface area contributed by atoms with Crippen LogP contribution in [0.2, 0.25) is 0 Å². The SMILES string of the molecule is N#Cc1ccc(C(c2ccc(OCC3CC3)nc2)N2CCC(NC(=O)c3ccc(C#N)nc3)C2)cc1. The van der Waals surface area contributed by atoms with E-state index in [2.05, 4.69) is 26.3 Å². The fourth-order valence-corrected chi connectivity index (χ4v) is 4.48. The maximum absolute atomic E-state index is 12.7. The fraction of sp³-hybridized carbons (Fsp3) is 0.321. The maximum atomic E-state index is 12.7. The summed E-state index contributed by atoms with van der Waals surface area (Å²) in [5.74, 6) is 1.09. The molecule has 0 radical (unpaired) electrons. The molecule has 1 amide bonds. The molecule has 1 saturated heterocycles. The van der Waals surface area contributed by atoms with Gasteiger partial charge in [0, 0.05) is 37.6 Å². The van der Waals surface area contributed by atoms with E-state index in [4.69, 9.17) is 10.00 Å². The Labute approximate surface area is 210 Å². The number of rotatable bonds is 8. The Morgan fingerprint density at radius 2 is 1.81 bits per heavy atom. The largest absolute Gasteiger partial charge is 0.477 e. The van der Waals surface area contributed by atoms with Gasteiger partial charge in [0.2, 0.25) is 5.88 Å². The molecule has 1 aliphatic heterocycles. The second-order valence-corrected chi connectivity index (χ2v) is 9.32. The molecule has 2 aromatic heterocycles. The number of nitrogens with one attached hydrogen (secondary N) is 1. The first-order chi connectivity index (χ1) is 17.6. The van der Waals surface area contributed by atoms with Crippen molar-refractivity contribution in [1.82, 2.24) is 20.2 Å². The molecule has 8 nitrogen and oxygen atoms in total. The summed E-state index contributed by atoms with van der Waals surface area (Å²) in [7, 11) is 0. The smallest absolute Gasteiger partial charge is 0.253 e. The molecule has 1 aromatic carbocycles. The molecule has 1 N–H and O–H groups in total. The topological polar surface area (TPSA) is 115 Å². The van der Waals surface area contributed by atoms with Gasteiger partial charge >= 0.3 is 0 Å². The van der Waals surface area contributed by atoms with Crippen LogP contribution in [-0.2, 0) is 0 Å². The van der Waals surface area contributed by atoms with Crippen LogP contribution in [0.15, 0.2) is 60.9 Å². The quantitative estimate of drug-likeness (QED) is 0.526. The van der Waals surface area contributed by atoms with Crippen molar-refractivity contribution >= 4 is 5.91 Å². The number of benzene rings is 1. The number of hydrogen-bond donors (Lipinski definition) is 1. The van der Waals surface area contributed by atoms with Crippen LogP contribution in [0.25, 0.3) is 0 Å². The standard InChI is InChI=1S/C28H26N6O2/c29-13-19-3-5-21(6-4-19)27(22-8-10-26(32-15-22)36-18-20-1-2-20)34-12-11-25(17-34)33-28(35)23-7-9-24(14-30)31-16-23/h3-10,15-16,20,25,27H,1-2,11-12,17-18H2,(H,33,35). The highest BCUT2D eigenvalue weighted by atomic mass is 16.5. The zero-order chi connectivity index (χ0) is 24.9. The van der Waals surface area contributed by atoms with Crippen LogP contribution in [-0.4, -0.2) is 46.5 Å². The molecule has 1 aliphatic carbocycles. The molecule has 2 fully saturated rings. The Morgan fingerprint density at radius 1 is 1.00 bits per heavy atom. The van der Waals surface area contributed by atoms with Crippen molar-refractivity contribution in [3.8, 4) is 18.0 Å². The van der Waals surface area contributed by atoms with E-state index in [0.29, 0.717) is 36.1 Å². The Morgan fingerprint density at radius 3 is 2.44 bits per heavy atom. The van der Waals surface area contributed by atoms with Gasteiger partial charge in [-0.3, -0.25) is 9.69 Å². The Balaban J connectivity index is 1.31. The molecule has 36 heavy (non-hydrogen) atoms. The summed E-state index contributed by atoms with van der Waals surface area (Å²) >= 11 is 0. The number of ether oxygens (including phenoxy) is 1. The van der Waals surface area contributed by atoms with E-state index < -0.39 is 0 Å². The number of likely N-dealkylation sites (tertiary alicyclic amines) is 1. The minimum Gasteiger partial charge on any atom is -0.477 e. The monoisotopic (exact) mass is 478 g/mol. The molecular weight excluding hydrogens is 452 g/mol. The molecule has 0 spiro atoms. The third kappa shape index (κ3) is 5.51. The van der Waals surface area contributed by atoms with Crippen molar-refractivity contribution in [3.05, 3.63) is 88.9 Å². The van der Waals surface area contributed by atoms with E-state index in [1.807, 2.05) is 48.7 Å². The number of aromatic nitrogens is 2. The molecule has 5 rings (SSSR count). The first kappa shape index (κ1) is 23.5. The summed E-state index contributed by atoms with van der Waals surface area (Å²) in [5, 5.41) is 21.2. The zero-order valence-corrected chi connectivity index (χ0v) is 19.8. The molecule has 180 valence electrons. The second-order valence-electron chi connectivity index (χ2n) is 9.32. The van der Waals surface area contributed by atoms with Crippen molar-refractivity contribution in [2.24, 2.45) is 5.92 Å². The third-order valence-corrected chi connectivity index (χ3v) is 6.65. The van der Waals surface area contributed by atoms with Crippen LogP contribution in [0.1, 0.15) is 58.0 Å². The summed E-state index contributed by atoms with van der Waals surface area (Å²) < 4.78 is 5.81. The number of hydrogen-bond acceptors (Lipinski definition) is 7. The molecule has 2 unspecified atom stereocenters. The minimum atomic E-state index is -0.201. The molecule has 3 aromatic rings. The number of carbonyl (C=O) groups is 1. The fourth-order valence-electron chi connectivity index (χ4n) is 4.48. The molecule has 2 atom stereocenters. The van der Waals surface area contributed by atoms with Gasteiger partial charge in [-0.05, 0) is 60.6 Å². The number of carbonyl (C=O) groups excluding carboxylic acids is 1. The van der Waals surface area contributed by atoms with Crippen LogP contribution in [0.5, 0.6) is 5.88 Å². The van der Waals surface area contributed by atoms with Crippen molar-refractivity contribution in [3.63, 3.8) is 0 Å². The van der Waals surface area contributed by atoms with E-state index in [9.17, 15) is 10.1 Å². The van der Waals surface area contributed by atoms with Crippen LogP contribution < -0.4 is 10.1 Å². The number of nitrogens with zero attached hydrogens (tertiary/aromatic N) is 5. The van der Waals surface area contributed by atoms with Crippen molar-refractivity contribution in [2.45, 2.75) is 31.3 Å². The van der Waals surface area contributed by atoms with Gasteiger partial charge < -0.3 is 10.1 Å². The lowest BCUT2D eigenvalue weighted by Crippen LogP contribution is -2.38. The Bertz CT molecular complexity index is 1290. The van der Waals surface area contributed by atoms with Gasteiger partial charge in [-0.25, -0.2) is 9.97 Å². The highest BCUT2D eigenvalue weighted by molar-refractivity contribution is 5.94. The summed E-state index contributed by atoms with van der Waals surface area (Å²) in [6.07, 6.45) is 6.55. The molecule has 0 bridgehead atoms. The average molecular weight is 479 g/mol. The summed E-state index contributed by atoms with van der Waals surface area (Å²) in [6, 6.07) is 18.8. The van der Waals surface area contributed by atoms with Crippen molar-refractivity contribution in [1.29, 1.82) is 10.5 Å². The Hall–Kier alpha value is -4.27. The van der Waals surface area contributed by atoms with E-state index in [-0.39, 0.29) is 23.7 Å².